The third-order valence-electron chi connectivity index (χ3n) is 4.28. The van der Waals surface area contributed by atoms with Crippen LogP contribution in [0.5, 0.6) is 5.75 Å². The van der Waals surface area contributed by atoms with Gasteiger partial charge in [-0.15, -0.1) is 0 Å². The second-order valence-corrected chi connectivity index (χ2v) is 8.26. The number of hydrogen-bond donors (Lipinski definition) is 1. The summed E-state index contributed by atoms with van der Waals surface area (Å²) in [4.78, 5) is 13.9. The topological polar surface area (TPSA) is 75.7 Å². The highest BCUT2D eigenvalue weighted by atomic mass is 32.2. The lowest BCUT2D eigenvalue weighted by molar-refractivity contribution is -0.116. The summed E-state index contributed by atoms with van der Waals surface area (Å²) in [6.07, 6.45) is 0. The Kier molecular flexibility index (Phi) is 6.62. The Labute approximate surface area is 161 Å². The van der Waals surface area contributed by atoms with Gasteiger partial charge in [0.05, 0.1) is 12.0 Å². The van der Waals surface area contributed by atoms with Gasteiger partial charge in [-0.25, -0.2) is 13.1 Å². The number of amides is 1. The zero-order chi connectivity index (χ0) is 20.2. The number of hydrogen-bond acceptors (Lipinski definition) is 4. The van der Waals surface area contributed by atoms with E-state index in [1.807, 2.05) is 32.9 Å². The fourth-order valence-electron chi connectivity index (χ4n) is 3.15. The number of carbonyl (C=O) groups is 1. The van der Waals surface area contributed by atoms with E-state index < -0.39 is 10.0 Å². The van der Waals surface area contributed by atoms with Gasteiger partial charge in [0.2, 0.25) is 15.9 Å². The second-order valence-electron chi connectivity index (χ2n) is 6.49. The molecule has 7 heteroatoms. The highest BCUT2D eigenvalue weighted by molar-refractivity contribution is 7.89. The third-order valence-corrected chi connectivity index (χ3v) is 5.76. The van der Waals surface area contributed by atoms with Crippen LogP contribution in [0.4, 0.5) is 5.69 Å². The van der Waals surface area contributed by atoms with Gasteiger partial charge in [-0.2, -0.15) is 0 Å². The van der Waals surface area contributed by atoms with Crippen LogP contribution in [-0.4, -0.2) is 34.5 Å². The quantitative estimate of drug-likeness (QED) is 0.789. The van der Waals surface area contributed by atoms with Crippen molar-refractivity contribution in [1.82, 2.24) is 4.72 Å². The van der Waals surface area contributed by atoms with Crippen molar-refractivity contribution >= 4 is 21.6 Å². The number of rotatable bonds is 7. The molecule has 0 saturated heterocycles. The van der Waals surface area contributed by atoms with Gasteiger partial charge in [-0.05, 0) is 56.2 Å². The zero-order valence-corrected chi connectivity index (χ0v) is 17.2. The molecule has 0 atom stereocenters. The zero-order valence-electron chi connectivity index (χ0n) is 16.4. The van der Waals surface area contributed by atoms with Crippen molar-refractivity contribution in [2.45, 2.75) is 32.6 Å². The smallest absolute Gasteiger partial charge is 0.240 e. The SMILES string of the molecule is COc1ccc(S(=O)(=O)NCCN(C(C)=O)c2c(C)cc(C)cc2C)cc1. The van der Waals surface area contributed by atoms with Crippen LogP contribution < -0.4 is 14.4 Å². The summed E-state index contributed by atoms with van der Waals surface area (Å²) in [6.45, 7) is 7.75. The van der Waals surface area contributed by atoms with E-state index in [1.165, 1.54) is 26.2 Å². The van der Waals surface area contributed by atoms with Crippen LogP contribution >= 0.6 is 0 Å². The Morgan fingerprint density at radius 2 is 1.63 bits per heavy atom. The monoisotopic (exact) mass is 390 g/mol. The number of aryl methyl sites for hydroxylation is 3. The molecular formula is C20H26N2O4S. The van der Waals surface area contributed by atoms with Gasteiger partial charge in [0.1, 0.15) is 5.75 Å². The van der Waals surface area contributed by atoms with Crippen LogP contribution in [-0.2, 0) is 14.8 Å². The molecular weight excluding hydrogens is 364 g/mol. The van der Waals surface area contributed by atoms with Crippen molar-refractivity contribution in [2.75, 3.05) is 25.1 Å². The summed E-state index contributed by atoms with van der Waals surface area (Å²) in [5, 5.41) is 0. The van der Waals surface area contributed by atoms with Gasteiger partial charge < -0.3 is 9.64 Å². The van der Waals surface area contributed by atoms with Gasteiger partial charge in [-0.3, -0.25) is 4.79 Å². The number of nitrogens with zero attached hydrogens (tertiary/aromatic N) is 1. The molecule has 1 N–H and O–H groups in total. The van der Waals surface area contributed by atoms with Gasteiger partial charge >= 0.3 is 0 Å². The largest absolute Gasteiger partial charge is 0.497 e. The molecule has 2 rings (SSSR count). The minimum absolute atomic E-state index is 0.112. The summed E-state index contributed by atoms with van der Waals surface area (Å²) in [7, 11) is -2.14. The number of sulfonamides is 1. The fraction of sp³-hybridized carbons (Fsp3) is 0.350. The minimum Gasteiger partial charge on any atom is -0.497 e. The summed E-state index contributed by atoms with van der Waals surface area (Å²) in [5.41, 5.74) is 3.93. The minimum atomic E-state index is -3.66. The van der Waals surface area contributed by atoms with Gasteiger partial charge in [-0.1, -0.05) is 17.7 Å². The molecule has 0 radical (unpaired) electrons. The van der Waals surface area contributed by atoms with Crippen LogP contribution in [0.25, 0.3) is 0 Å². The maximum Gasteiger partial charge on any atom is 0.240 e. The van der Waals surface area contributed by atoms with Crippen LogP contribution in [0, 0.1) is 20.8 Å². The average Bonchev–Trinajstić information content (AvgIpc) is 2.59. The molecule has 1 amide bonds. The fourth-order valence-corrected chi connectivity index (χ4v) is 4.18. The first-order chi connectivity index (χ1) is 12.7. The number of nitrogens with one attached hydrogen (secondary N) is 1. The summed E-state index contributed by atoms with van der Waals surface area (Å²) < 4.78 is 32.5. The first-order valence-electron chi connectivity index (χ1n) is 8.65. The Balaban J connectivity index is 2.14. The standard InChI is InChI=1S/C20H26N2O4S/c1-14-12-15(2)20(16(3)13-14)22(17(4)23)11-10-21-27(24,25)19-8-6-18(26-5)7-9-19/h6-9,12-13,21H,10-11H2,1-5H3. The number of ether oxygens (including phenoxy) is 1. The van der Waals surface area contributed by atoms with E-state index in [0.717, 1.165) is 22.4 Å². The summed E-state index contributed by atoms with van der Waals surface area (Å²) >= 11 is 0. The average molecular weight is 391 g/mol. The molecule has 0 unspecified atom stereocenters. The highest BCUT2D eigenvalue weighted by Gasteiger charge is 2.19. The van der Waals surface area contributed by atoms with Crippen LogP contribution in [0.3, 0.4) is 0 Å². The third kappa shape index (κ3) is 5.08. The molecule has 0 aliphatic rings. The Morgan fingerprint density at radius 1 is 1.07 bits per heavy atom. The molecule has 0 fully saturated rings. The Bertz CT molecular complexity index is 898. The van der Waals surface area contributed by atoms with Crippen molar-refractivity contribution in [1.29, 1.82) is 0 Å². The molecule has 0 spiro atoms. The molecule has 27 heavy (non-hydrogen) atoms. The van der Waals surface area contributed by atoms with Crippen molar-refractivity contribution < 1.29 is 17.9 Å². The number of anilines is 1. The van der Waals surface area contributed by atoms with E-state index >= 15 is 0 Å². The molecule has 0 heterocycles. The highest BCUT2D eigenvalue weighted by Crippen LogP contribution is 2.26. The molecule has 6 nitrogen and oxygen atoms in total. The number of benzene rings is 2. The molecule has 2 aromatic rings. The molecule has 146 valence electrons. The van der Waals surface area contributed by atoms with Crippen LogP contribution in [0.15, 0.2) is 41.3 Å². The lowest BCUT2D eigenvalue weighted by atomic mass is 10.0. The van der Waals surface area contributed by atoms with Crippen molar-refractivity contribution in [3.63, 3.8) is 0 Å². The maximum atomic E-state index is 12.4. The first kappa shape index (κ1) is 20.9. The van der Waals surface area contributed by atoms with E-state index in [4.69, 9.17) is 4.74 Å². The van der Waals surface area contributed by atoms with Crippen LogP contribution in [0.1, 0.15) is 23.6 Å². The molecule has 0 aromatic heterocycles. The van der Waals surface area contributed by atoms with Crippen molar-refractivity contribution in [3.05, 3.63) is 53.1 Å². The lowest BCUT2D eigenvalue weighted by Gasteiger charge is -2.25. The van der Waals surface area contributed by atoms with E-state index in [0.29, 0.717) is 5.75 Å². The van der Waals surface area contributed by atoms with E-state index in [9.17, 15) is 13.2 Å². The van der Waals surface area contributed by atoms with Crippen molar-refractivity contribution in [2.24, 2.45) is 0 Å². The first-order valence-corrected chi connectivity index (χ1v) is 10.1. The molecule has 0 bridgehead atoms. The lowest BCUT2D eigenvalue weighted by Crippen LogP contribution is -2.38. The second kappa shape index (κ2) is 8.54. The molecule has 0 aliphatic carbocycles. The predicted molar refractivity (Wildman–Crippen MR) is 107 cm³/mol. The maximum absolute atomic E-state index is 12.4. The predicted octanol–water partition coefficient (Wildman–Crippen LogP) is 2.95. The van der Waals surface area contributed by atoms with Crippen LogP contribution in [0.2, 0.25) is 0 Å². The van der Waals surface area contributed by atoms with Gasteiger partial charge in [0, 0.05) is 25.7 Å². The van der Waals surface area contributed by atoms with Crippen molar-refractivity contribution in [3.8, 4) is 5.75 Å². The molecule has 0 aliphatic heterocycles. The van der Waals surface area contributed by atoms with E-state index in [2.05, 4.69) is 4.72 Å². The Morgan fingerprint density at radius 3 is 2.11 bits per heavy atom. The molecule has 2 aromatic carbocycles. The van der Waals surface area contributed by atoms with E-state index in [-0.39, 0.29) is 23.9 Å². The van der Waals surface area contributed by atoms with Gasteiger partial charge in [0.25, 0.3) is 0 Å². The summed E-state index contributed by atoms with van der Waals surface area (Å²) in [6, 6.07) is 10.2. The number of methoxy groups -OCH3 is 1. The van der Waals surface area contributed by atoms with Gasteiger partial charge in [0.15, 0.2) is 0 Å². The normalized spacial score (nSPS) is 11.3. The van der Waals surface area contributed by atoms with E-state index in [1.54, 1.807) is 17.0 Å². The summed E-state index contributed by atoms with van der Waals surface area (Å²) in [5.74, 6) is 0.454. The number of carbonyl (C=O) groups excluding carboxylic acids is 1. The Hall–Kier alpha value is -2.38. The molecule has 0 saturated carbocycles.